The first-order valence-electron chi connectivity index (χ1n) is 10.3. The molecule has 0 bridgehead atoms. The van der Waals surface area contributed by atoms with Gasteiger partial charge >= 0.3 is 12.1 Å². The number of carbonyl (C=O) groups is 2. The number of allylic oxidation sites excluding steroid dienone is 2. The number of hydrogen-bond acceptors (Lipinski definition) is 6. The Labute approximate surface area is 185 Å². The van der Waals surface area contributed by atoms with E-state index in [-0.39, 0.29) is 19.0 Å². The highest BCUT2D eigenvalue weighted by Gasteiger charge is 2.33. The van der Waals surface area contributed by atoms with Gasteiger partial charge in [0.15, 0.2) is 0 Å². The van der Waals surface area contributed by atoms with Crippen LogP contribution in [0.25, 0.3) is 0 Å². The predicted molar refractivity (Wildman–Crippen MR) is 119 cm³/mol. The van der Waals surface area contributed by atoms with Crippen molar-refractivity contribution in [3.8, 4) is 0 Å². The second-order valence-electron chi connectivity index (χ2n) is 8.91. The minimum Gasteiger partial charge on any atom is -0.481 e. The quantitative estimate of drug-likeness (QED) is 0.348. The molecule has 0 heterocycles. The molecule has 0 spiro atoms. The summed E-state index contributed by atoms with van der Waals surface area (Å²) >= 11 is 0. The molecule has 0 saturated carbocycles. The van der Waals surface area contributed by atoms with E-state index in [0.29, 0.717) is 0 Å². The number of rotatable bonds is 8. The highest BCUT2D eigenvalue weighted by atomic mass is 16.6. The summed E-state index contributed by atoms with van der Waals surface area (Å²) in [4.78, 5) is 26.9. The summed E-state index contributed by atoms with van der Waals surface area (Å²) < 4.78 is 16.1. The van der Waals surface area contributed by atoms with Crippen molar-refractivity contribution in [3.63, 3.8) is 0 Å². The lowest BCUT2D eigenvalue weighted by atomic mass is 10.0. The van der Waals surface area contributed by atoms with Gasteiger partial charge in [0, 0.05) is 18.7 Å². The first-order valence-corrected chi connectivity index (χ1v) is 10.3. The van der Waals surface area contributed by atoms with Crippen molar-refractivity contribution in [1.82, 2.24) is 4.90 Å². The van der Waals surface area contributed by atoms with E-state index in [1.54, 1.807) is 48.5 Å². The summed E-state index contributed by atoms with van der Waals surface area (Å²) in [7, 11) is 0. The molecule has 1 atom stereocenters. The number of nitrogens with zero attached hydrogens (tertiary/aromatic N) is 1. The van der Waals surface area contributed by atoms with Gasteiger partial charge in [-0.2, -0.15) is 0 Å². The number of esters is 1. The zero-order chi connectivity index (χ0) is 23.7. The maximum atomic E-state index is 12.9. The van der Waals surface area contributed by atoms with Gasteiger partial charge in [0.25, 0.3) is 5.95 Å². The molecule has 0 aliphatic carbocycles. The largest absolute Gasteiger partial charge is 0.481 e. The average molecular weight is 434 g/mol. The standard InChI is InChI=1S/C24H35NO6/c1-8-29-21(27)19(17-18-13-10-9-11-14-18)25(22(28)31-24(5,6)7)16-12-15-20(26)30-23(2,3)4/h9-16,19,26H,8,17H2,1-7H3/b16-12-,20-15?/t19-/m0/s1. The molecule has 0 radical (unpaired) electrons. The SMILES string of the molecule is CCOC(=O)[C@H](Cc1ccccc1)N(/C=C\C=C(O)OC(C)(C)C)C(=O)OC(C)(C)C. The molecule has 1 aromatic rings. The summed E-state index contributed by atoms with van der Waals surface area (Å²) in [5.41, 5.74) is -0.486. The lowest BCUT2D eigenvalue weighted by molar-refractivity contribution is -0.148. The van der Waals surface area contributed by atoms with E-state index in [4.69, 9.17) is 14.2 Å². The smallest absolute Gasteiger partial charge is 0.415 e. The van der Waals surface area contributed by atoms with Crippen molar-refractivity contribution in [2.24, 2.45) is 0 Å². The molecule has 0 saturated heterocycles. The zero-order valence-electron chi connectivity index (χ0n) is 19.5. The van der Waals surface area contributed by atoms with Crippen molar-refractivity contribution in [1.29, 1.82) is 0 Å². The maximum Gasteiger partial charge on any atom is 0.415 e. The maximum absolute atomic E-state index is 12.9. The minimum atomic E-state index is -0.951. The fraction of sp³-hybridized carbons (Fsp3) is 0.500. The third-order valence-corrected chi connectivity index (χ3v) is 3.67. The van der Waals surface area contributed by atoms with Crippen molar-refractivity contribution in [3.05, 3.63) is 60.2 Å². The number of aliphatic hydroxyl groups is 1. The molecule has 1 amide bonds. The summed E-state index contributed by atoms with van der Waals surface area (Å²) in [5, 5.41) is 9.95. The number of benzene rings is 1. The van der Waals surface area contributed by atoms with Gasteiger partial charge in [0.05, 0.1) is 6.61 Å². The molecule has 172 valence electrons. The number of aliphatic hydroxyl groups excluding tert-OH is 1. The van der Waals surface area contributed by atoms with E-state index in [1.165, 1.54) is 23.3 Å². The van der Waals surface area contributed by atoms with Crippen LogP contribution in [0.15, 0.2) is 54.6 Å². The summed E-state index contributed by atoms with van der Waals surface area (Å²) in [5.74, 6) is -0.871. The molecule has 0 unspecified atom stereocenters. The van der Waals surface area contributed by atoms with Gasteiger partial charge in [0.1, 0.15) is 17.2 Å². The Morgan fingerprint density at radius 3 is 2.13 bits per heavy atom. The van der Waals surface area contributed by atoms with Crippen LogP contribution >= 0.6 is 0 Å². The zero-order valence-corrected chi connectivity index (χ0v) is 19.5. The van der Waals surface area contributed by atoms with E-state index in [2.05, 4.69) is 0 Å². The van der Waals surface area contributed by atoms with E-state index < -0.39 is 29.3 Å². The van der Waals surface area contributed by atoms with Gasteiger partial charge in [-0.25, -0.2) is 9.59 Å². The molecule has 1 rings (SSSR count). The van der Waals surface area contributed by atoms with Crippen LogP contribution in [0.3, 0.4) is 0 Å². The number of ether oxygens (including phenoxy) is 3. The summed E-state index contributed by atoms with van der Waals surface area (Å²) in [6, 6.07) is 8.37. The number of hydrogen-bond donors (Lipinski definition) is 1. The van der Waals surface area contributed by atoms with Gasteiger partial charge in [0.2, 0.25) is 0 Å². The third kappa shape index (κ3) is 10.6. The molecular formula is C24H35NO6. The van der Waals surface area contributed by atoms with Gasteiger partial charge in [-0.15, -0.1) is 0 Å². The normalized spacial score (nSPS) is 13.6. The van der Waals surface area contributed by atoms with Crippen LogP contribution in [0.4, 0.5) is 4.79 Å². The molecule has 1 aromatic carbocycles. The van der Waals surface area contributed by atoms with Crippen LogP contribution in [0.5, 0.6) is 0 Å². The van der Waals surface area contributed by atoms with E-state index in [9.17, 15) is 14.7 Å². The Hall–Kier alpha value is -2.96. The Morgan fingerprint density at radius 1 is 1.03 bits per heavy atom. The molecule has 1 N–H and O–H groups in total. The van der Waals surface area contributed by atoms with Crippen molar-refractivity contribution >= 4 is 12.1 Å². The van der Waals surface area contributed by atoms with Crippen molar-refractivity contribution in [2.75, 3.05) is 6.61 Å². The van der Waals surface area contributed by atoms with E-state index in [0.717, 1.165) is 5.56 Å². The fourth-order valence-electron chi connectivity index (χ4n) is 2.54. The number of carbonyl (C=O) groups excluding carboxylic acids is 2. The third-order valence-electron chi connectivity index (χ3n) is 3.67. The summed E-state index contributed by atoms with van der Waals surface area (Å²) in [6.45, 7) is 12.5. The monoisotopic (exact) mass is 433 g/mol. The molecule has 0 aromatic heterocycles. The Kier molecular flexibility index (Phi) is 9.62. The number of amides is 1. The highest BCUT2D eigenvalue weighted by Crippen LogP contribution is 2.18. The molecule has 0 aliphatic heterocycles. The van der Waals surface area contributed by atoms with E-state index in [1.807, 2.05) is 30.3 Å². The molecule has 31 heavy (non-hydrogen) atoms. The van der Waals surface area contributed by atoms with Crippen LogP contribution in [0.1, 0.15) is 54.0 Å². The molecular weight excluding hydrogens is 398 g/mol. The van der Waals surface area contributed by atoms with Crippen LogP contribution in [-0.4, -0.2) is 45.9 Å². The lowest BCUT2D eigenvalue weighted by Gasteiger charge is -2.30. The Morgan fingerprint density at radius 2 is 1.61 bits per heavy atom. The minimum absolute atomic E-state index is 0.177. The predicted octanol–water partition coefficient (Wildman–Crippen LogP) is 5.13. The second kappa shape index (κ2) is 11.4. The highest BCUT2D eigenvalue weighted by molar-refractivity contribution is 5.82. The van der Waals surface area contributed by atoms with Crippen molar-refractivity contribution < 1.29 is 28.9 Å². The second-order valence-corrected chi connectivity index (χ2v) is 8.91. The van der Waals surface area contributed by atoms with Crippen LogP contribution in [0.2, 0.25) is 0 Å². The van der Waals surface area contributed by atoms with Crippen LogP contribution < -0.4 is 0 Å². The van der Waals surface area contributed by atoms with Gasteiger partial charge in [-0.05, 0) is 60.1 Å². The topological polar surface area (TPSA) is 85.3 Å². The van der Waals surface area contributed by atoms with Crippen LogP contribution in [-0.2, 0) is 25.4 Å². The molecule has 0 aliphatic rings. The average Bonchev–Trinajstić information content (AvgIpc) is 2.62. The first-order chi connectivity index (χ1) is 14.3. The van der Waals surface area contributed by atoms with Crippen molar-refractivity contribution in [2.45, 2.75) is 72.1 Å². The Balaban J connectivity index is 3.27. The van der Waals surface area contributed by atoms with Gasteiger partial charge < -0.3 is 19.3 Å². The van der Waals surface area contributed by atoms with E-state index >= 15 is 0 Å². The lowest BCUT2D eigenvalue weighted by Crippen LogP contribution is -2.46. The molecule has 7 nitrogen and oxygen atoms in total. The molecule has 0 fully saturated rings. The van der Waals surface area contributed by atoms with Gasteiger partial charge in [-0.1, -0.05) is 30.3 Å². The summed E-state index contributed by atoms with van der Waals surface area (Å²) in [6.07, 6.45) is 3.62. The fourth-order valence-corrected chi connectivity index (χ4v) is 2.54. The molecule has 7 heteroatoms. The first kappa shape index (κ1) is 26.1. The van der Waals surface area contributed by atoms with Gasteiger partial charge in [-0.3, -0.25) is 4.90 Å². The Bertz CT molecular complexity index is 771. The van der Waals surface area contributed by atoms with Crippen LogP contribution in [0, 0.1) is 0 Å².